The molecule has 8 rings (SSSR count). The largest absolute Gasteiger partial charge is 0.478 e. The molecule has 14 nitrogen and oxygen atoms in total. The molecule has 4 amide bonds. The molecule has 1 saturated heterocycles. The maximum Gasteiger partial charge on any atom is 0.408 e. The van der Waals surface area contributed by atoms with Gasteiger partial charge in [0, 0.05) is 40.2 Å². The van der Waals surface area contributed by atoms with Crippen LogP contribution in [0.2, 0.25) is 5.02 Å². The lowest BCUT2D eigenvalue weighted by Crippen LogP contribution is -2.61. The third kappa shape index (κ3) is 8.09. The van der Waals surface area contributed by atoms with Crippen LogP contribution in [0.5, 0.6) is 11.8 Å². The Balaban J connectivity index is 1.17. The zero-order valence-electron chi connectivity index (χ0n) is 34.2. The Labute approximate surface area is 350 Å². The first-order valence-electron chi connectivity index (χ1n) is 21.3. The summed E-state index contributed by atoms with van der Waals surface area (Å²) in [5.74, 6) is -1.28. The molecule has 5 fully saturated rings. The second-order valence-electron chi connectivity index (χ2n) is 18.4. The monoisotopic (exact) mass is 853 g/mol. The van der Waals surface area contributed by atoms with Gasteiger partial charge < -0.3 is 24.8 Å². The molecule has 0 spiro atoms. The van der Waals surface area contributed by atoms with E-state index in [1.54, 1.807) is 25.1 Å². The lowest BCUT2D eigenvalue weighted by Gasteiger charge is -2.40. The van der Waals surface area contributed by atoms with E-state index in [4.69, 9.17) is 21.1 Å². The number of pyridine rings is 1. The molecular weight excluding hydrogens is 798 g/mol. The minimum absolute atomic E-state index is 0.00587. The summed E-state index contributed by atoms with van der Waals surface area (Å²) in [7, 11) is -4.02. The minimum Gasteiger partial charge on any atom is -0.478 e. The van der Waals surface area contributed by atoms with Crippen molar-refractivity contribution in [2.24, 2.45) is 29.6 Å². The summed E-state index contributed by atoms with van der Waals surface area (Å²) >= 11 is 6.63. The number of benzene rings is 1. The number of ether oxygens (including phenoxy) is 2. The zero-order chi connectivity index (χ0) is 42.0. The number of carboxylic acid groups (broad SMARTS) is 1. The number of allylic oxidation sites excluding steroid dienone is 1. The van der Waals surface area contributed by atoms with E-state index in [0.29, 0.717) is 78.6 Å². The number of nitrogens with zero attached hydrogens (tertiary/aromatic N) is 3. The smallest absolute Gasteiger partial charge is 0.408 e. The van der Waals surface area contributed by atoms with Crippen LogP contribution in [0.3, 0.4) is 0 Å². The average molecular weight is 854 g/mol. The number of hydrogen-bond acceptors (Lipinski definition) is 9. The van der Waals surface area contributed by atoms with Crippen molar-refractivity contribution in [1.82, 2.24) is 24.8 Å². The topological polar surface area (TPSA) is 185 Å². The molecule has 2 unspecified atom stereocenters. The van der Waals surface area contributed by atoms with Crippen LogP contribution in [0, 0.1) is 29.6 Å². The summed E-state index contributed by atoms with van der Waals surface area (Å²) in [5.41, 5.74) is -1.56. The molecule has 59 heavy (non-hydrogen) atoms. The molecule has 1 aromatic heterocycles. The van der Waals surface area contributed by atoms with Gasteiger partial charge in [-0.15, -0.1) is 0 Å². The van der Waals surface area contributed by atoms with Gasteiger partial charge in [-0.2, -0.15) is 4.98 Å². The van der Waals surface area contributed by atoms with Crippen LogP contribution in [0.25, 0.3) is 10.8 Å². The van der Waals surface area contributed by atoms with Crippen molar-refractivity contribution in [2.75, 3.05) is 13.2 Å². The second kappa shape index (κ2) is 15.7. The Morgan fingerprint density at radius 1 is 1.10 bits per heavy atom. The number of halogens is 1. The molecule has 16 heteroatoms. The molecule has 1 aromatic carbocycles. The van der Waals surface area contributed by atoms with Crippen LogP contribution < -0.4 is 19.5 Å². The van der Waals surface area contributed by atoms with Gasteiger partial charge in [-0.05, 0) is 107 Å². The van der Waals surface area contributed by atoms with Gasteiger partial charge in [-0.3, -0.25) is 24.0 Å². The predicted molar refractivity (Wildman–Crippen MR) is 220 cm³/mol. The van der Waals surface area contributed by atoms with Gasteiger partial charge in [0.25, 0.3) is 5.91 Å². The molecule has 320 valence electrons. The van der Waals surface area contributed by atoms with Crippen molar-refractivity contribution in [3.05, 3.63) is 41.4 Å². The van der Waals surface area contributed by atoms with Gasteiger partial charge in [0.2, 0.25) is 33.6 Å². The third-order valence-electron chi connectivity index (χ3n) is 13.8. The molecule has 3 N–H and O–H groups in total. The van der Waals surface area contributed by atoms with Gasteiger partial charge in [-0.1, -0.05) is 50.6 Å². The first kappa shape index (κ1) is 41.6. The van der Waals surface area contributed by atoms with E-state index >= 15 is 4.79 Å². The standard InChI is InChI=1S/C43H56ClN5O9S/c1-5-15-57-35-21-32-31(11-8-12-33(32)44)38(45-35)58-30-20-34-37(50)46-43(40(52)47-59(55,56)42(4)13-14-42)22-28(43)10-7-6-9-24(2)16-25(3)36(39(51)48(34)23-30)49(41(53)54)29-18-26-17-27(26)19-29/h7-8,10-12,21,24-30,34,36H,5-6,9,13-20,22-23H2,1-4H3,(H,46,50)(H,47,52)(H,53,54)/b10-7-/t24-,25+,26-,27?,28+,29?,30+,34-,36-,43+/m0/s1. The maximum atomic E-state index is 15.3. The van der Waals surface area contributed by atoms with Crippen LogP contribution >= 0.6 is 11.6 Å². The fourth-order valence-electron chi connectivity index (χ4n) is 9.90. The number of amides is 4. The lowest BCUT2D eigenvalue weighted by molar-refractivity contribution is -0.145. The number of rotatable bonds is 10. The predicted octanol–water partition coefficient (Wildman–Crippen LogP) is 6.06. The van der Waals surface area contributed by atoms with Gasteiger partial charge in [0.05, 0.1) is 17.9 Å². The molecule has 0 radical (unpaired) electrons. The van der Waals surface area contributed by atoms with Crippen LogP contribution in [-0.2, 0) is 24.4 Å². The van der Waals surface area contributed by atoms with Gasteiger partial charge in [0.15, 0.2) is 0 Å². The summed E-state index contributed by atoms with van der Waals surface area (Å²) in [4.78, 5) is 64.9. The highest BCUT2D eigenvalue weighted by Crippen LogP contribution is 2.54. The molecule has 2 aliphatic heterocycles. The van der Waals surface area contributed by atoms with Crippen molar-refractivity contribution < 1.29 is 42.2 Å². The van der Waals surface area contributed by atoms with Crippen LogP contribution in [0.1, 0.15) is 98.3 Å². The Morgan fingerprint density at radius 2 is 1.85 bits per heavy atom. The summed E-state index contributed by atoms with van der Waals surface area (Å²) in [5, 5.41) is 15.5. The normalized spacial score (nSPS) is 34.3. The van der Waals surface area contributed by atoms with Crippen molar-refractivity contribution in [2.45, 2.75) is 133 Å². The minimum atomic E-state index is -4.02. The summed E-state index contributed by atoms with van der Waals surface area (Å²) < 4.78 is 40.3. The number of hydrogen-bond donors (Lipinski definition) is 3. The van der Waals surface area contributed by atoms with Gasteiger partial charge in [-0.25, -0.2) is 13.2 Å². The molecule has 2 aromatic rings. The summed E-state index contributed by atoms with van der Waals surface area (Å²) in [6.45, 7) is 7.92. The number of fused-ring (bicyclic) bond motifs is 4. The number of carbonyl (C=O) groups excluding carboxylic acids is 3. The summed E-state index contributed by atoms with van der Waals surface area (Å²) in [6, 6.07) is 4.50. The highest BCUT2D eigenvalue weighted by molar-refractivity contribution is 7.91. The molecule has 4 saturated carbocycles. The number of sulfonamides is 1. The second-order valence-corrected chi connectivity index (χ2v) is 21.0. The molecule has 6 aliphatic rings. The van der Waals surface area contributed by atoms with Crippen LogP contribution in [-0.4, -0.2) is 99.8 Å². The van der Waals surface area contributed by atoms with E-state index < -0.39 is 68.2 Å². The first-order valence-corrected chi connectivity index (χ1v) is 23.2. The van der Waals surface area contributed by atoms with Crippen molar-refractivity contribution in [3.8, 4) is 11.8 Å². The van der Waals surface area contributed by atoms with E-state index in [-0.39, 0.29) is 43.1 Å². The van der Waals surface area contributed by atoms with Gasteiger partial charge in [0.1, 0.15) is 23.7 Å². The van der Waals surface area contributed by atoms with Crippen molar-refractivity contribution >= 4 is 56.2 Å². The average Bonchev–Trinajstić information content (AvgIpc) is 4.14. The van der Waals surface area contributed by atoms with Crippen molar-refractivity contribution in [3.63, 3.8) is 0 Å². The third-order valence-corrected chi connectivity index (χ3v) is 16.3. The molecule has 4 aliphatic carbocycles. The Kier molecular flexibility index (Phi) is 11.1. The molecule has 0 bridgehead atoms. The van der Waals surface area contributed by atoms with Crippen molar-refractivity contribution in [1.29, 1.82) is 0 Å². The first-order chi connectivity index (χ1) is 28.0. The SMILES string of the molecule is CCCOc1cc2c(Cl)cccc2c(O[C@@H]2C[C@H]3C(=O)N[C@]4(C(=O)NS(=O)(=O)C5(C)CC5)C[C@H]4/C=C\CC[C@H](C)C[C@@H](C)[C@H](N(C(=O)O)C4CC5C[C@H]5C4)C(=O)N3C2)n1. The number of nitrogens with one attached hydrogen (secondary N) is 2. The highest BCUT2D eigenvalue weighted by Gasteiger charge is 2.63. The zero-order valence-corrected chi connectivity index (χ0v) is 35.8. The van der Waals surface area contributed by atoms with Crippen LogP contribution in [0.15, 0.2) is 36.4 Å². The highest BCUT2D eigenvalue weighted by atomic mass is 35.5. The fraction of sp³-hybridized carbons (Fsp3) is 0.651. The fourth-order valence-corrected chi connectivity index (χ4v) is 11.4. The van der Waals surface area contributed by atoms with E-state index in [1.807, 2.05) is 32.1 Å². The van der Waals surface area contributed by atoms with E-state index in [2.05, 4.69) is 21.9 Å². The molecule has 10 atom stereocenters. The Morgan fingerprint density at radius 3 is 2.54 bits per heavy atom. The quantitative estimate of drug-likeness (QED) is 0.238. The molecule has 3 heterocycles. The van der Waals surface area contributed by atoms with Gasteiger partial charge >= 0.3 is 6.09 Å². The number of aromatic nitrogens is 1. The Bertz CT molecular complexity index is 2150. The maximum absolute atomic E-state index is 15.3. The van der Waals surface area contributed by atoms with E-state index in [9.17, 15) is 27.9 Å². The van der Waals surface area contributed by atoms with E-state index in [1.165, 1.54) is 9.80 Å². The summed E-state index contributed by atoms with van der Waals surface area (Å²) in [6.07, 6.45) is 8.11. The van der Waals surface area contributed by atoms with E-state index in [0.717, 1.165) is 19.3 Å². The lowest BCUT2D eigenvalue weighted by atomic mass is 9.86. The Hall–Kier alpha value is -4.11. The molecular formula is C43H56ClN5O9S. The number of carbonyl (C=O) groups is 4. The van der Waals surface area contributed by atoms with Crippen LogP contribution in [0.4, 0.5) is 4.79 Å².